The molecule has 1 heterocycles. The Morgan fingerprint density at radius 2 is 0.981 bits per heavy atom. The van der Waals surface area contributed by atoms with Crippen LogP contribution in [0.1, 0.15) is 39.8 Å². The van der Waals surface area contributed by atoms with E-state index in [-0.39, 0.29) is 36.5 Å². The van der Waals surface area contributed by atoms with Gasteiger partial charge in [0, 0.05) is 42.8 Å². The summed E-state index contributed by atoms with van der Waals surface area (Å²) in [6, 6.07) is -15.5. The van der Waals surface area contributed by atoms with E-state index in [0.29, 0.717) is 0 Å². The molecule has 10 rings (SSSR count). The van der Waals surface area contributed by atoms with Gasteiger partial charge in [-0.15, -0.1) is 11.3 Å². The van der Waals surface area contributed by atoms with E-state index in [2.05, 4.69) is 0 Å². The summed E-state index contributed by atoms with van der Waals surface area (Å²) in [5, 5.41) is -1.05. The van der Waals surface area contributed by atoms with Crippen molar-refractivity contribution in [1.29, 1.82) is 0 Å². The van der Waals surface area contributed by atoms with Crippen LogP contribution in [-0.2, 0) is 0 Å². The van der Waals surface area contributed by atoms with Crippen molar-refractivity contribution in [1.82, 2.24) is 0 Å². The number of anilines is 3. The predicted octanol–water partition coefficient (Wildman–Crippen LogP) is 15.3. The molecule has 0 bridgehead atoms. The molecule has 0 fully saturated rings. The highest BCUT2D eigenvalue weighted by molar-refractivity contribution is 7.26. The Morgan fingerprint density at radius 1 is 0.370 bits per heavy atom. The minimum Gasteiger partial charge on any atom is -0.310 e. The van der Waals surface area contributed by atoms with Crippen LogP contribution in [0.4, 0.5) is 17.1 Å². The largest absolute Gasteiger partial charge is 0.310 e. The minimum absolute atomic E-state index is 0.0743. The van der Waals surface area contributed by atoms with Crippen molar-refractivity contribution >= 4 is 59.3 Å². The quantitative estimate of drug-likeness (QED) is 0.158. The van der Waals surface area contributed by atoms with Gasteiger partial charge in [-0.2, -0.15) is 0 Å². The molecule has 1 aromatic heterocycles. The van der Waals surface area contributed by atoms with Gasteiger partial charge in [0.1, 0.15) is 0 Å². The van der Waals surface area contributed by atoms with Crippen molar-refractivity contribution in [3.63, 3.8) is 0 Å². The monoisotopic (exact) mass is 734 g/mol. The van der Waals surface area contributed by atoms with Crippen LogP contribution in [0.25, 0.3) is 75.5 Å². The summed E-state index contributed by atoms with van der Waals surface area (Å²) < 4.78 is 258. The van der Waals surface area contributed by atoms with Crippen molar-refractivity contribution in [2.45, 2.75) is 0 Å². The molecule has 2 heteroatoms. The molecule has 0 saturated heterocycles. The van der Waals surface area contributed by atoms with E-state index in [0.717, 1.165) is 52.6 Å². The summed E-state index contributed by atoms with van der Waals surface area (Å²) in [4.78, 5) is 0.914. The lowest BCUT2D eigenvalue weighted by Crippen LogP contribution is -2.09. The summed E-state index contributed by atoms with van der Waals surface area (Å²) in [5.74, 6) is 0. The summed E-state index contributed by atoms with van der Waals surface area (Å²) in [7, 11) is 0. The fourth-order valence-electron chi connectivity index (χ4n) is 6.02. The topological polar surface area (TPSA) is 3.24 Å². The van der Waals surface area contributed by atoms with Gasteiger partial charge in [0.05, 0.1) is 39.8 Å². The maximum Gasteiger partial charge on any atom is 0.0652 e. The summed E-state index contributed by atoms with van der Waals surface area (Å²) >= 11 is 0.736. The highest BCUT2D eigenvalue weighted by Crippen LogP contribution is 2.46. The first-order valence-electron chi connectivity index (χ1n) is 30.5. The zero-order chi connectivity index (χ0) is 61.1. The van der Waals surface area contributed by atoms with Gasteiger partial charge in [-0.25, -0.2) is 0 Å². The second-order valence-corrected chi connectivity index (χ2v) is 12.5. The van der Waals surface area contributed by atoms with Crippen molar-refractivity contribution in [2.75, 3.05) is 4.90 Å². The maximum atomic E-state index is 10.1. The number of hydrogen-bond acceptors (Lipinski definition) is 2. The molecular formula is C52H35NS. The van der Waals surface area contributed by atoms with Crippen LogP contribution in [0.15, 0.2) is 212 Å². The van der Waals surface area contributed by atoms with Gasteiger partial charge in [0.25, 0.3) is 0 Å². The Kier molecular flexibility index (Phi) is 3.52. The number of nitrogens with zero attached hydrogens (tertiary/aromatic N) is 1. The lowest BCUT2D eigenvalue weighted by atomic mass is 9.94. The number of fused-ring (bicyclic) bond motifs is 4. The third-order valence-corrected chi connectivity index (χ3v) is 9.53. The molecule has 0 aliphatic rings. The molecule has 254 valence electrons. The van der Waals surface area contributed by atoms with Crippen molar-refractivity contribution in [3.8, 4) is 44.5 Å². The van der Waals surface area contributed by atoms with E-state index in [1.807, 2.05) is 0 Å². The maximum absolute atomic E-state index is 10.1. The lowest BCUT2D eigenvalue weighted by Gasteiger charge is -2.26. The van der Waals surface area contributed by atoms with Gasteiger partial charge < -0.3 is 4.90 Å². The third-order valence-electron chi connectivity index (χ3n) is 8.39. The molecule has 0 aliphatic carbocycles. The van der Waals surface area contributed by atoms with Gasteiger partial charge in [-0.3, -0.25) is 0 Å². The smallest absolute Gasteiger partial charge is 0.0652 e. The first-order chi connectivity index (χ1) is 38.8. The summed E-state index contributed by atoms with van der Waals surface area (Å²) in [6.07, 6.45) is 0. The normalized spacial score (nSPS) is 18.9. The van der Waals surface area contributed by atoms with Crippen LogP contribution in [0, 0.1) is 0 Å². The van der Waals surface area contributed by atoms with Crippen molar-refractivity contribution in [3.05, 3.63) is 212 Å². The van der Waals surface area contributed by atoms with Gasteiger partial charge in [-0.1, -0.05) is 163 Å². The average Bonchev–Trinajstić information content (AvgIpc) is 1.84. The van der Waals surface area contributed by atoms with E-state index in [4.69, 9.17) is 28.8 Å². The van der Waals surface area contributed by atoms with Crippen molar-refractivity contribution in [2.24, 2.45) is 0 Å². The van der Waals surface area contributed by atoms with Crippen LogP contribution in [0.2, 0.25) is 0 Å². The van der Waals surface area contributed by atoms with Crippen LogP contribution in [-0.4, -0.2) is 0 Å². The first-order valence-corrected chi connectivity index (χ1v) is 16.9. The Morgan fingerprint density at radius 3 is 1.76 bits per heavy atom. The molecule has 54 heavy (non-hydrogen) atoms. The molecule has 0 spiro atoms. The zero-order valence-corrected chi connectivity index (χ0v) is 28.1. The lowest BCUT2D eigenvalue weighted by molar-refractivity contribution is 1.29. The number of benzene rings is 9. The van der Waals surface area contributed by atoms with Crippen LogP contribution < -0.4 is 4.90 Å². The first kappa shape index (κ1) is 13.9. The highest BCUT2D eigenvalue weighted by Gasteiger charge is 2.19. The van der Waals surface area contributed by atoms with E-state index in [1.54, 1.807) is 0 Å². The Labute approximate surface area is 360 Å². The molecule has 0 saturated carbocycles. The molecule has 0 aliphatic heterocycles. The summed E-state index contributed by atoms with van der Waals surface area (Å²) in [5.41, 5.74) is -5.32. The molecule has 0 N–H and O–H groups in total. The fourth-order valence-corrected chi connectivity index (χ4v) is 7.16. The second-order valence-electron chi connectivity index (χ2n) is 11.5. The van der Waals surface area contributed by atoms with E-state index < -0.39 is 231 Å². The Bertz CT molecular complexity index is 4550. The average molecular weight is 735 g/mol. The molecule has 0 amide bonds. The molecular weight excluding hydrogens is 671 g/mol. The van der Waals surface area contributed by atoms with Gasteiger partial charge in [0.15, 0.2) is 0 Å². The molecule has 10 aromatic rings. The number of rotatable bonds is 7. The zero-order valence-electron chi connectivity index (χ0n) is 56.3. The SMILES string of the molecule is [2H]c1cc(-c2c([2H])c([2H])c([2H])c([2H])c2-c2cc([2H])c(N(c3cc([2H])c(-c4c([2H])c([2H])c([2H])c([2H])c4[2H])c([2H])c3)c3cc([2H])c4sc5c(-c6c([2H])c([2H])c([2H])c([2H])c6[2H])c6cc([2H])c([2H])c([2H])c6c([2H])c5c4c3[2H])c([2H])c2[2H])c([2H])c([2H])c1[2H]. The van der Waals surface area contributed by atoms with Crippen LogP contribution >= 0.6 is 11.3 Å². The Balaban J connectivity index is 1.36. The number of hydrogen-bond donors (Lipinski definition) is 0. The predicted molar refractivity (Wildman–Crippen MR) is 233 cm³/mol. The van der Waals surface area contributed by atoms with Gasteiger partial charge >= 0.3 is 0 Å². The van der Waals surface area contributed by atoms with Crippen LogP contribution in [0.5, 0.6) is 0 Å². The van der Waals surface area contributed by atoms with E-state index >= 15 is 0 Å². The fraction of sp³-hybridized carbons (Fsp3) is 0. The molecule has 0 atom stereocenters. The van der Waals surface area contributed by atoms with Gasteiger partial charge in [-0.05, 0) is 98.1 Å². The minimum atomic E-state index is -0.960. The molecule has 1 nitrogen and oxygen atoms in total. The molecule has 0 unspecified atom stereocenters. The van der Waals surface area contributed by atoms with E-state index in [9.17, 15) is 11.0 Å². The second kappa shape index (κ2) is 13.7. The van der Waals surface area contributed by atoms with Crippen molar-refractivity contribution < 1.29 is 39.8 Å². The van der Waals surface area contributed by atoms with Crippen LogP contribution in [0.3, 0.4) is 0 Å². The standard InChI is InChI=1S/C52H35NS/c1-4-14-36(15-5-1)37-24-28-42(29-25-37)53(43-30-26-39(27-31-43)46-22-13-12-21-45(46)38-16-6-2-7-17-38)44-32-33-50-48(35-44)49-34-41-20-10-11-23-47(41)51(52(49)54-50)40-18-8-3-9-19-40/h1-35H/i1D,2D,3D,4D,5D,6D,7D,8D,9D,10D,11D,12D,13D,14D,15D,16D,18D,19D,20D,21D,22D,24D,25D,26D,30D,31D,33D,34D,35D. The Hall–Kier alpha value is -6.74. The van der Waals surface area contributed by atoms with E-state index in [1.165, 1.54) is 0 Å². The van der Waals surface area contributed by atoms with Gasteiger partial charge in [0.2, 0.25) is 0 Å². The molecule has 9 aromatic carbocycles. The highest BCUT2D eigenvalue weighted by atomic mass is 32.1. The number of thiophene rings is 1. The third kappa shape index (κ3) is 5.74. The summed E-state index contributed by atoms with van der Waals surface area (Å²) in [6.45, 7) is 0. The molecule has 0 radical (unpaired) electrons.